The number of hydrogen-bond donors (Lipinski definition) is 2. The summed E-state index contributed by atoms with van der Waals surface area (Å²) in [5, 5.41) is 19.4. The number of ether oxygens (including phenoxy) is 1. The molecule has 0 bridgehead atoms. The maximum absolute atomic E-state index is 9.69. The van der Waals surface area contributed by atoms with E-state index in [1.165, 1.54) is 0 Å². The van der Waals surface area contributed by atoms with Crippen molar-refractivity contribution in [1.82, 2.24) is 0 Å². The maximum atomic E-state index is 9.69. The Bertz CT molecular complexity index is 443. The molecule has 1 aromatic carbocycles. The predicted octanol–water partition coefficient (Wildman–Crippen LogP) is 1.53. The van der Waals surface area contributed by atoms with Gasteiger partial charge in [-0.05, 0) is 11.5 Å². The third kappa shape index (κ3) is 2.69. The number of anilines is 1. The smallest absolute Gasteiger partial charge is 0.145 e. The van der Waals surface area contributed by atoms with Crippen molar-refractivity contribution in [2.24, 2.45) is 0 Å². The van der Waals surface area contributed by atoms with Crippen molar-refractivity contribution in [1.29, 1.82) is 0 Å². The lowest BCUT2D eigenvalue weighted by molar-refractivity contribution is 0.0572. The third-order valence-electron chi connectivity index (χ3n) is 3.61. The molecule has 2 rings (SSSR count). The van der Waals surface area contributed by atoms with Crippen LogP contribution < -0.4 is 9.64 Å². The van der Waals surface area contributed by atoms with E-state index < -0.39 is 12.2 Å². The molecule has 0 radical (unpaired) electrons. The van der Waals surface area contributed by atoms with Crippen LogP contribution in [0.15, 0.2) is 18.2 Å². The van der Waals surface area contributed by atoms with Crippen molar-refractivity contribution in [2.45, 2.75) is 38.4 Å². The molecule has 4 heteroatoms. The standard InChI is InChI=1S/C15H23NO3/c1-15(2,3)10-6-5-7-11(14(10)19-4)16-8-12(17)13(18)9-16/h5-7,12-13,17-18H,8-9H2,1-4H3/t12-,13+. The highest BCUT2D eigenvalue weighted by Gasteiger charge is 2.32. The summed E-state index contributed by atoms with van der Waals surface area (Å²) >= 11 is 0. The summed E-state index contributed by atoms with van der Waals surface area (Å²) < 4.78 is 5.58. The first-order valence-electron chi connectivity index (χ1n) is 6.63. The Labute approximate surface area is 114 Å². The van der Waals surface area contributed by atoms with Crippen LogP contribution in [0.4, 0.5) is 5.69 Å². The first kappa shape index (κ1) is 14.2. The molecule has 1 aromatic rings. The SMILES string of the molecule is COc1c(N2C[C@@H](O)[C@@H](O)C2)cccc1C(C)(C)C. The Morgan fingerprint density at radius 3 is 2.21 bits per heavy atom. The highest BCUT2D eigenvalue weighted by molar-refractivity contribution is 5.64. The van der Waals surface area contributed by atoms with Gasteiger partial charge in [-0.15, -0.1) is 0 Å². The molecule has 19 heavy (non-hydrogen) atoms. The van der Waals surface area contributed by atoms with E-state index in [9.17, 15) is 10.2 Å². The lowest BCUT2D eigenvalue weighted by atomic mass is 9.86. The van der Waals surface area contributed by atoms with E-state index >= 15 is 0 Å². The Kier molecular flexibility index (Phi) is 3.74. The van der Waals surface area contributed by atoms with Crippen LogP contribution in [-0.4, -0.2) is 42.6 Å². The molecular formula is C15H23NO3. The summed E-state index contributed by atoms with van der Waals surface area (Å²) in [7, 11) is 1.66. The zero-order valence-corrected chi connectivity index (χ0v) is 12.1. The molecule has 1 saturated heterocycles. The molecule has 0 saturated carbocycles. The van der Waals surface area contributed by atoms with Crippen LogP contribution in [-0.2, 0) is 5.41 Å². The minimum absolute atomic E-state index is 0.0156. The fourth-order valence-electron chi connectivity index (χ4n) is 2.55. The number of nitrogens with zero attached hydrogens (tertiary/aromatic N) is 1. The Morgan fingerprint density at radius 2 is 1.74 bits per heavy atom. The van der Waals surface area contributed by atoms with Gasteiger partial charge in [0.2, 0.25) is 0 Å². The Balaban J connectivity index is 2.42. The van der Waals surface area contributed by atoms with Crippen molar-refractivity contribution in [3.8, 4) is 5.75 Å². The number of aliphatic hydroxyl groups excluding tert-OH is 2. The van der Waals surface area contributed by atoms with Gasteiger partial charge in [0.1, 0.15) is 5.75 Å². The quantitative estimate of drug-likeness (QED) is 0.851. The molecular weight excluding hydrogens is 242 g/mol. The topological polar surface area (TPSA) is 52.9 Å². The summed E-state index contributed by atoms with van der Waals surface area (Å²) in [6.07, 6.45) is -1.38. The summed E-state index contributed by atoms with van der Waals surface area (Å²) in [6, 6.07) is 6.03. The minimum Gasteiger partial charge on any atom is -0.494 e. The second-order valence-corrected chi connectivity index (χ2v) is 6.15. The zero-order chi connectivity index (χ0) is 14.2. The predicted molar refractivity (Wildman–Crippen MR) is 75.9 cm³/mol. The van der Waals surface area contributed by atoms with Crippen molar-refractivity contribution in [2.75, 3.05) is 25.1 Å². The van der Waals surface area contributed by atoms with Crippen molar-refractivity contribution >= 4 is 5.69 Å². The molecule has 0 aromatic heterocycles. The average molecular weight is 265 g/mol. The van der Waals surface area contributed by atoms with Gasteiger partial charge in [-0.25, -0.2) is 0 Å². The molecule has 4 nitrogen and oxygen atoms in total. The molecule has 1 heterocycles. The number of benzene rings is 1. The molecule has 2 atom stereocenters. The van der Waals surface area contributed by atoms with Crippen LogP contribution in [0.2, 0.25) is 0 Å². The van der Waals surface area contributed by atoms with Gasteiger partial charge in [0.05, 0.1) is 25.0 Å². The fourth-order valence-corrected chi connectivity index (χ4v) is 2.55. The molecule has 2 N–H and O–H groups in total. The van der Waals surface area contributed by atoms with Gasteiger partial charge in [-0.1, -0.05) is 32.9 Å². The van der Waals surface area contributed by atoms with Crippen molar-refractivity contribution in [3.05, 3.63) is 23.8 Å². The number of hydrogen-bond acceptors (Lipinski definition) is 4. The van der Waals surface area contributed by atoms with Gasteiger partial charge >= 0.3 is 0 Å². The molecule has 1 aliphatic heterocycles. The Hall–Kier alpha value is -1.26. The maximum Gasteiger partial charge on any atom is 0.145 e. The number of methoxy groups -OCH3 is 1. The molecule has 0 unspecified atom stereocenters. The van der Waals surface area contributed by atoms with E-state index in [-0.39, 0.29) is 5.41 Å². The van der Waals surface area contributed by atoms with Gasteiger partial charge in [-0.2, -0.15) is 0 Å². The largest absolute Gasteiger partial charge is 0.494 e. The van der Waals surface area contributed by atoms with Crippen LogP contribution in [0.5, 0.6) is 5.75 Å². The second-order valence-electron chi connectivity index (χ2n) is 6.15. The second kappa shape index (κ2) is 5.02. The molecule has 0 aliphatic carbocycles. The first-order valence-corrected chi connectivity index (χ1v) is 6.63. The number of rotatable bonds is 2. The van der Waals surface area contributed by atoms with E-state index in [4.69, 9.17) is 4.74 Å². The van der Waals surface area contributed by atoms with Gasteiger partial charge in [0.25, 0.3) is 0 Å². The van der Waals surface area contributed by atoms with E-state index in [2.05, 4.69) is 26.8 Å². The highest BCUT2D eigenvalue weighted by Crippen LogP contribution is 2.39. The van der Waals surface area contributed by atoms with E-state index in [0.717, 1.165) is 17.0 Å². The average Bonchev–Trinajstić information content (AvgIpc) is 2.67. The van der Waals surface area contributed by atoms with Gasteiger partial charge in [0.15, 0.2) is 0 Å². The van der Waals surface area contributed by atoms with Crippen LogP contribution in [0.1, 0.15) is 26.3 Å². The fraction of sp³-hybridized carbons (Fsp3) is 0.600. The van der Waals surface area contributed by atoms with E-state index in [0.29, 0.717) is 13.1 Å². The van der Waals surface area contributed by atoms with Crippen molar-refractivity contribution < 1.29 is 14.9 Å². The summed E-state index contributed by atoms with van der Waals surface area (Å²) in [5.41, 5.74) is 2.05. The summed E-state index contributed by atoms with van der Waals surface area (Å²) in [4.78, 5) is 1.98. The number of β-amino-alcohol motifs (C(OH)–C–C–N with tert-alkyl or cyclic N) is 2. The van der Waals surface area contributed by atoms with Gasteiger partial charge in [0, 0.05) is 18.7 Å². The van der Waals surface area contributed by atoms with Crippen LogP contribution in [0.25, 0.3) is 0 Å². The summed E-state index contributed by atoms with van der Waals surface area (Å²) in [5.74, 6) is 0.830. The molecule has 1 aliphatic rings. The minimum atomic E-state index is -0.692. The molecule has 0 spiro atoms. The van der Waals surface area contributed by atoms with Crippen LogP contribution in [0.3, 0.4) is 0 Å². The van der Waals surface area contributed by atoms with Crippen LogP contribution >= 0.6 is 0 Å². The number of aliphatic hydroxyl groups is 2. The highest BCUT2D eigenvalue weighted by atomic mass is 16.5. The monoisotopic (exact) mass is 265 g/mol. The molecule has 106 valence electrons. The lowest BCUT2D eigenvalue weighted by Crippen LogP contribution is -2.23. The van der Waals surface area contributed by atoms with Gasteiger partial charge < -0.3 is 19.8 Å². The normalized spacial score (nSPS) is 23.8. The van der Waals surface area contributed by atoms with E-state index in [1.807, 2.05) is 17.0 Å². The molecule has 1 fully saturated rings. The first-order chi connectivity index (χ1) is 8.84. The zero-order valence-electron chi connectivity index (χ0n) is 12.1. The number of para-hydroxylation sites is 1. The Morgan fingerprint density at radius 1 is 1.16 bits per heavy atom. The van der Waals surface area contributed by atoms with E-state index in [1.54, 1.807) is 7.11 Å². The lowest BCUT2D eigenvalue weighted by Gasteiger charge is -2.27. The molecule has 0 amide bonds. The van der Waals surface area contributed by atoms with Crippen molar-refractivity contribution in [3.63, 3.8) is 0 Å². The van der Waals surface area contributed by atoms with Crippen LogP contribution in [0, 0.1) is 0 Å². The third-order valence-corrected chi connectivity index (χ3v) is 3.61. The summed E-state index contributed by atoms with van der Waals surface area (Å²) in [6.45, 7) is 7.29. The van der Waals surface area contributed by atoms with Gasteiger partial charge in [-0.3, -0.25) is 0 Å².